The van der Waals surface area contributed by atoms with Gasteiger partial charge in [0.25, 0.3) is 0 Å². The van der Waals surface area contributed by atoms with Crippen LogP contribution in [0.25, 0.3) is 11.1 Å². The fourth-order valence-electron chi connectivity index (χ4n) is 6.35. The number of phenolic OH excluding ortho intramolecular Hbond substituents is 2. The van der Waals surface area contributed by atoms with Crippen LogP contribution in [-0.2, 0) is 32.0 Å². The Morgan fingerprint density at radius 3 is 2.10 bits per heavy atom. The third kappa shape index (κ3) is 12.2. The van der Waals surface area contributed by atoms with Gasteiger partial charge in [0.05, 0.1) is 6.04 Å². The minimum absolute atomic E-state index is 0.0117. The van der Waals surface area contributed by atoms with Crippen molar-refractivity contribution in [2.24, 2.45) is 0 Å². The van der Waals surface area contributed by atoms with Crippen molar-refractivity contribution in [1.29, 1.82) is 0 Å². The van der Waals surface area contributed by atoms with Gasteiger partial charge in [0.15, 0.2) is 0 Å². The quantitative estimate of drug-likeness (QED) is 0.104. The van der Waals surface area contributed by atoms with E-state index < -0.39 is 29.9 Å². The number of benzene rings is 2. The van der Waals surface area contributed by atoms with E-state index in [1.807, 2.05) is 20.2 Å². The van der Waals surface area contributed by atoms with E-state index in [1.165, 1.54) is 4.90 Å². The zero-order valence-corrected chi connectivity index (χ0v) is 30.7. The van der Waals surface area contributed by atoms with Crippen LogP contribution in [0.1, 0.15) is 50.2 Å². The van der Waals surface area contributed by atoms with Crippen molar-refractivity contribution in [1.82, 2.24) is 42.1 Å². The molecule has 4 amide bonds. The van der Waals surface area contributed by atoms with Crippen molar-refractivity contribution in [3.05, 3.63) is 47.5 Å². The van der Waals surface area contributed by atoms with E-state index in [4.69, 9.17) is 0 Å². The van der Waals surface area contributed by atoms with Gasteiger partial charge in [-0.3, -0.25) is 19.2 Å². The molecule has 51 heavy (non-hydrogen) atoms. The molecule has 0 spiro atoms. The average molecular weight is 711 g/mol. The molecule has 14 nitrogen and oxygen atoms in total. The Bertz CT molecular complexity index is 1460. The molecule has 1 heterocycles. The third-order valence-corrected chi connectivity index (χ3v) is 9.40. The summed E-state index contributed by atoms with van der Waals surface area (Å²) in [7, 11) is 7.09. The second-order valence-electron chi connectivity index (χ2n) is 13.0. The fraction of sp³-hybridized carbons (Fsp3) is 0.568. The van der Waals surface area contributed by atoms with E-state index in [0.717, 1.165) is 11.1 Å². The van der Waals surface area contributed by atoms with E-state index in [-0.39, 0.29) is 48.7 Å². The number of amides is 4. The van der Waals surface area contributed by atoms with Gasteiger partial charge in [0.2, 0.25) is 23.6 Å². The molecule has 0 aromatic heterocycles. The second kappa shape index (κ2) is 21.2. The summed E-state index contributed by atoms with van der Waals surface area (Å²) >= 11 is 0. The normalized spacial score (nSPS) is 18.7. The van der Waals surface area contributed by atoms with Crippen LogP contribution in [0, 0.1) is 0 Å². The molecule has 1 aliphatic heterocycles. The highest BCUT2D eigenvalue weighted by molar-refractivity contribution is 5.93. The number of carbonyl (C=O) groups excluding carboxylic acids is 4. The van der Waals surface area contributed by atoms with Gasteiger partial charge in [-0.2, -0.15) is 0 Å². The number of rotatable bonds is 17. The van der Waals surface area contributed by atoms with E-state index >= 15 is 0 Å². The zero-order chi connectivity index (χ0) is 37.3. The van der Waals surface area contributed by atoms with E-state index in [2.05, 4.69) is 37.2 Å². The van der Waals surface area contributed by atoms with Crippen LogP contribution >= 0.6 is 0 Å². The maximum Gasteiger partial charge on any atom is 0.245 e. The lowest BCUT2D eigenvalue weighted by atomic mass is 9.95. The number of likely N-dealkylation sites (N-methyl/N-ethyl adjacent to an activating group) is 3. The molecule has 0 aliphatic carbocycles. The number of carbonyl (C=O) groups is 4. The summed E-state index contributed by atoms with van der Waals surface area (Å²) in [5.41, 5.74) is 2.54. The molecule has 2 aromatic rings. The number of hydrogen-bond acceptors (Lipinski definition) is 10. The lowest BCUT2D eigenvalue weighted by Gasteiger charge is -2.34. The number of phenols is 2. The molecule has 0 saturated carbocycles. The van der Waals surface area contributed by atoms with Crippen molar-refractivity contribution in [2.75, 3.05) is 60.9 Å². The average Bonchev–Trinajstić information content (AvgIpc) is 3.12. The van der Waals surface area contributed by atoms with Gasteiger partial charge in [0.1, 0.15) is 23.6 Å². The number of hydrogen-bond donors (Lipinski definition) is 9. The van der Waals surface area contributed by atoms with Gasteiger partial charge in [-0.05, 0) is 114 Å². The zero-order valence-electron chi connectivity index (χ0n) is 30.7. The van der Waals surface area contributed by atoms with Crippen LogP contribution in [0.2, 0.25) is 0 Å². The number of nitrogens with one attached hydrogen (secondary N) is 7. The van der Waals surface area contributed by atoms with Crippen molar-refractivity contribution < 1.29 is 29.4 Å². The van der Waals surface area contributed by atoms with Crippen LogP contribution in [-0.4, -0.2) is 124 Å². The first kappa shape index (κ1) is 41.2. The van der Waals surface area contributed by atoms with Crippen LogP contribution in [0.15, 0.2) is 36.4 Å². The van der Waals surface area contributed by atoms with Gasteiger partial charge in [-0.1, -0.05) is 12.1 Å². The number of fused-ring (bicyclic) bond motifs is 5. The minimum atomic E-state index is -0.994. The summed E-state index contributed by atoms with van der Waals surface area (Å²) in [6.45, 7) is 4.13. The topological polar surface area (TPSA) is 196 Å². The predicted octanol–water partition coefficient (Wildman–Crippen LogP) is 0.363. The Morgan fingerprint density at radius 2 is 1.51 bits per heavy atom. The first-order valence-corrected chi connectivity index (χ1v) is 18.0. The molecule has 0 fully saturated rings. The highest BCUT2D eigenvalue weighted by Gasteiger charge is 2.35. The molecule has 3 rings (SSSR count). The van der Waals surface area contributed by atoms with Crippen molar-refractivity contribution in [3.63, 3.8) is 0 Å². The molecule has 0 radical (unpaired) electrons. The molecule has 4 atom stereocenters. The molecule has 14 heteroatoms. The highest BCUT2D eigenvalue weighted by Crippen LogP contribution is 2.31. The summed E-state index contributed by atoms with van der Waals surface area (Å²) in [4.78, 5) is 55.9. The summed E-state index contributed by atoms with van der Waals surface area (Å²) in [5, 5.41) is 42.8. The molecule has 282 valence electrons. The third-order valence-electron chi connectivity index (χ3n) is 9.40. The van der Waals surface area contributed by atoms with Gasteiger partial charge in [-0.25, -0.2) is 0 Å². The van der Waals surface area contributed by atoms with Gasteiger partial charge in [-0.15, -0.1) is 0 Å². The number of nitrogens with zero attached hydrogens (tertiary/aromatic N) is 1. The summed E-state index contributed by atoms with van der Waals surface area (Å²) in [5.74, 6) is -1.20. The van der Waals surface area contributed by atoms with Gasteiger partial charge >= 0.3 is 0 Å². The molecule has 4 bridgehead atoms. The largest absolute Gasteiger partial charge is 0.508 e. The van der Waals surface area contributed by atoms with Crippen LogP contribution in [0.4, 0.5) is 0 Å². The van der Waals surface area contributed by atoms with Gasteiger partial charge in [0, 0.05) is 51.5 Å². The van der Waals surface area contributed by atoms with Crippen LogP contribution in [0.3, 0.4) is 0 Å². The SMILES string of the molecule is CCN1C(=O)[C@H](CCCNC)NC(=O)[C@@H](NC)Cc2cc(ccc2O)-c2ccc(O)c(c2)C[C@H]1C(=O)NCCC[C@@H](CC(=O)NCCNC)NC. The Hall–Kier alpha value is -4.24. The van der Waals surface area contributed by atoms with Crippen molar-refractivity contribution in [2.45, 2.75) is 76.0 Å². The van der Waals surface area contributed by atoms with Crippen LogP contribution < -0.4 is 37.2 Å². The van der Waals surface area contributed by atoms with Crippen molar-refractivity contribution in [3.8, 4) is 22.6 Å². The summed E-state index contributed by atoms with van der Waals surface area (Å²) in [6, 6.07) is 7.53. The maximum absolute atomic E-state index is 14.4. The first-order chi connectivity index (χ1) is 24.6. The lowest BCUT2D eigenvalue weighted by Crippen LogP contribution is -2.58. The summed E-state index contributed by atoms with van der Waals surface area (Å²) in [6.07, 6.45) is 2.66. The Balaban J connectivity index is 1.95. The van der Waals surface area contributed by atoms with E-state index in [9.17, 15) is 29.4 Å². The molecule has 2 aromatic carbocycles. The van der Waals surface area contributed by atoms with Crippen LogP contribution in [0.5, 0.6) is 11.5 Å². The predicted molar refractivity (Wildman–Crippen MR) is 198 cm³/mol. The molecule has 0 unspecified atom stereocenters. The Morgan fingerprint density at radius 1 is 0.863 bits per heavy atom. The smallest absolute Gasteiger partial charge is 0.245 e. The summed E-state index contributed by atoms with van der Waals surface area (Å²) < 4.78 is 0. The Kier molecular flexibility index (Phi) is 17.1. The standard InChI is InChI=1S/C37H58N8O6/c1-6-45-31(36(50)43-16-7-9-28(40-4)23-34(48)42-18-17-39-3)22-27-20-25(12-14-33(27)47)24-11-13-32(46)26(19-24)21-30(41-5)35(49)44-29(37(45)51)10-8-15-38-2/h11-14,19-20,28-31,38-41,46-47H,6-10,15-18,21-23H2,1-5H3,(H,42,48)(H,43,50)(H,44,49)/t28-,29-,30-,31-/m0/s1. The minimum Gasteiger partial charge on any atom is -0.508 e. The monoisotopic (exact) mass is 710 g/mol. The van der Waals surface area contributed by atoms with E-state index in [1.54, 1.807) is 51.4 Å². The van der Waals surface area contributed by atoms with Gasteiger partial charge < -0.3 is 52.3 Å². The van der Waals surface area contributed by atoms with Crippen molar-refractivity contribution >= 4 is 23.6 Å². The molecule has 1 aliphatic rings. The highest BCUT2D eigenvalue weighted by atomic mass is 16.3. The fourth-order valence-corrected chi connectivity index (χ4v) is 6.35. The molecule has 9 N–H and O–H groups in total. The lowest BCUT2D eigenvalue weighted by molar-refractivity contribution is -0.143. The second-order valence-corrected chi connectivity index (χ2v) is 13.0. The number of aromatic hydroxyl groups is 2. The van der Waals surface area contributed by atoms with E-state index in [0.29, 0.717) is 69.4 Å². The molecule has 0 saturated heterocycles. The Labute approximate surface area is 301 Å². The molecular formula is C37H58N8O6. The molecular weight excluding hydrogens is 652 g/mol. The first-order valence-electron chi connectivity index (χ1n) is 18.0. The maximum atomic E-state index is 14.4.